The molecule has 1 aliphatic rings. The van der Waals surface area contributed by atoms with Gasteiger partial charge in [0.2, 0.25) is 26.0 Å². The van der Waals surface area contributed by atoms with Gasteiger partial charge in [-0.15, -0.1) is 0 Å². The predicted molar refractivity (Wildman–Crippen MR) is 151 cm³/mol. The van der Waals surface area contributed by atoms with Gasteiger partial charge in [-0.25, -0.2) is 16.8 Å². The molecule has 0 spiro atoms. The quantitative estimate of drug-likeness (QED) is 0.424. The number of nitrogens with one attached hydrogen (secondary N) is 1. The molecule has 1 amide bonds. The van der Waals surface area contributed by atoms with Crippen molar-refractivity contribution in [3.63, 3.8) is 0 Å². The van der Waals surface area contributed by atoms with Gasteiger partial charge in [0.05, 0.1) is 16.3 Å². The number of likely N-dealkylation sites (N-methyl/N-ethyl adjacent to an activating group) is 1. The summed E-state index contributed by atoms with van der Waals surface area (Å²) < 4.78 is 55.6. The third kappa shape index (κ3) is 7.11. The van der Waals surface area contributed by atoms with Crippen LogP contribution in [-0.4, -0.2) is 76.0 Å². The molecule has 0 atom stereocenters. The van der Waals surface area contributed by atoms with E-state index >= 15 is 0 Å². The van der Waals surface area contributed by atoms with Crippen LogP contribution in [0.3, 0.4) is 0 Å². The zero-order valence-corrected chi connectivity index (χ0v) is 24.0. The normalized spacial score (nSPS) is 15.4. The Morgan fingerprint density at radius 1 is 0.821 bits per heavy atom. The van der Waals surface area contributed by atoms with Gasteiger partial charge < -0.3 is 10.2 Å². The molecule has 1 aliphatic heterocycles. The highest BCUT2D eigenvalue weighted by molar-refractivity contribution is 7.89. The molecule has 0 radical (unpaired) electrons. The lowest BCUT2D eigenvalue weighted by Crippen LogP contribution is -2.46. The SMILES string of the molecule is Cc1ccc(S(=O)(=O)N(CC(=O)Nc2ccc(S(=O)(=O)N3CCN(C)CC3)cc2)Cc2cccc(C)c2)cc1. The van der Waals surface area contributed by atoms with Gasteiger partial charge in [-0.3, -0.25) is 4.79 Å². The lowest BCUT2D eigenvalue weighted by atomic mass is 10.1. The molecule has 11 heteroatoms. The van der Waals surface area contributed by atoms with Crippen molar-refractivity contribution in [2.24, 2.45) is 0 Å². The first-order chi connectivity index (χ1) is 18.4. The van der Waals surface area contributed by atoms with E-state index in [-0.39, 0.29) is 16.3 Å². The second kappa shape index (κ2) is 12.0. The maximum atomic E-state index is 13.5. The number of amides is 1. The van der Waals surface area contributed by atoms with Gasteiger partial charge in [0, 0.05) is 38.4 Å². The summed E-state index contributed by atoms with van der Waals surface area (Å²) in [7, 11) is -5.66. The Labute approximate surface area is 231 Å². The van der Waals surface area contributed by atoms with Gasteiger partial charge in [0.15, 0.2) is 0 Å². The highest BCUT2D eigenvalue weighted by Gasteiger charge is 2.29. The van der Waals surface area contributed by atoms with Crippen LogP contribution >= 0.6 is 0 Å². The Bertz CT molecular complexity index is 1510. The van der Waals surface area contributed by atoms with Crippen molar-refractivity contribution in [3.05, 3.63) is 89.5 Å². The predicted octanol–water partition coefficient (Wildman–Crippen LogP) is 3.07. The first-order valence-electron chi connectivity index (χ1n) is 12.7. The number of nitrogens with zero attached hydrogens (tertiary/aromatic N) is 3. The summed E-state index contributed by atoms with van der Waals surface area (Å²) in [5.41, 5.74) is 3.05. The number of carbonyl (C=O) groups is 1. The summed E-state index contributed by atoms with van der Waals surface area (Å²) in [5, 5.41) is 2.71. The van der Waals surface area contributed by atoms with E-state index in [1.54, 1.807) is 12.1 Å². The lowest BCUT2D eigenvalue weighted by molar-refractivity contribution is -0.116. The smallest absolute Gasteiger partial charge is 0.243 e. The summed E-state index contributed by atoms with van der Waals surface area (Å²) in [6.45, 7) is 5.57. The largest absolute Gasteiger partial charge is 0.325 e. The third-order valence-electron chi connectivity index (χ3n) is 6.66. The van der Waals surface area contributed by atoms with Crippen LogP contribution in [0.25, 0.3) is 0 Å². The summed E-state index contributed by atoms with van der Waals surface area (Å²) in [6, 6.07) is 19.9. The van der Waals surface area contributed by atoms with Crippen LogP contribution in [0, 0.1) is 13.8 Å². The zero-order chi connectivity index (χ0) is 28.2. The number of rotatable bonds is 9. The minimum Gasteiger partial charge on any atom is -0.325 e. The van der Waals surface area contributed by atoms with E-state index in [1.165, 1.54) is 40.7 Å². The average molecular weight is 571 g/mol. The van der Waals surface area contributed by atoms with Crippen molar-refractivity contribution in [2.45, 2.75) is 30.2 Å². The number of anilines is 1. The molecule has 0 aromatic heterocycles. The van der Waals surface area contributed by atoms with Crippen molar-refractivity contribution >= 4 is 31.6 Å². The second-order valence-corrected chi connectivity index (χ2v) is 13.7. The van der Waals surface area contributed by atoms with Gasteiger partial charge in [-0.05, 0) is 62.9 Å². The van der Waals surface area contributed by atoms with E-state index in [2.05, 4.69) is 10.2 Å². The minimum absolute atomic E-state index is 0.0213. The van der Waals surface area contributed by atoms with Gasteiger partial charge in [-0.2, -0.15) is 8.61 Å². The summed E-state index contributed by atoms with van der Waals surface area (Å²) in [6.07, 6.45) is 0. The fourth-order valence-corrected chi connectivity index (χ4v) is 7.15. The van der Waals surface area contributed by atoms with E-state index in [0.29, 0.717) is 31.9 Å². The van der Waals surface area contributed by atoms with E-state index < -0.39 is 32.5 Å². The number of hydrogen-bond donors (Lipinski definition) is 1. The van der Waals surface area contributed by atoms with Crippen LogP contribution < -0.4 is 5.32 Å². The second-order valence-electron chi connectivity index (χ2n) is 9.86. The molecule has 208 valence electrons. The molecule has 3 aromatic rings. The van der Waals surface area contributed by atoms with Crippen LogP contribution in [0.15, 0.2) is 82.6 Å². The summed E-state index contributed by atoms with van der Waals surface area (Å²) >= 11 is 0. The fraction of sp³-hybridized carbons (Fsp3) is 0.321. The average Bonchev–Trinajstić information content (AvgIpc) is 2.89. The Morgan fingerprint density at radius 3 is 2.05 bits per heavy atom. The van der Waals surface area contributed by atoms with Crippen molar-refractivity contribution in [3.8, 4) is 0 Å². The number of benzene rings is 3. The molecule has 4 rings (SSSR count). The van der Waals surface area contributed by atoms with Gasteiger partial charge >= 0.3 is 0 Å². The number of sulfonamides is 2. The first-order valence-corrected chi connectivity index (χ1v) is 15.5. The monoisotopic (exact) mass is 570 g/mol. The molecule has 1 heterocycles. The maximum absolute atomic E-state index is 13.5. The Morgan fingerprint density at radius 2 is 1.44 bits per heavy atom. The maximum Gasteiger partial charge on any atom is 0.243 e. The number of piperazine rings is 1. The van der Waals surface area contributed by atoms with Crippen molar-refractivity contribution in [1.29, 1.82) is 0 Å². The Balaban J connectivity index is 1.50. The first kappa shape index (κ1) is 28.9. The Hall–Kier alpha value is -3.09. The highest BCUT2D eigenvalue weighted by atomic mass is 32.2. The van der Waals surface area contributed by atoms with Crippen LogP contribution in [0.2, 0.25) is 0 Å². The molecular weight excluding hydrogens is 536 g/mol. The number of aryl methyl sites for hydroxylation is 2. The van der Waals surface area contributed by atoms with E-state index in [9.17, 15) is 21.6 Å². The molecule has 9 nitrogen and oxygen atoms in total. The lowest BCUT2D eigenvalue weighted by Gasteiger charge is -2.31. The van der Waals surface area contributed by atoms with Crippen molar-refractivity contribution < 1.29 is 21.6 Å². The molecule has 0 unspecified atom stereocenters. The molecule has 39 heavy (non-hydrogen) atoms. The highest BCUT2D eigenvalue weighted by Crippen LogP contribution is 2.22. The molecule has 0 saturated carbocycles. The standard InChI is InChI=1S/C28H34N4O5S2/c1-22-7-11-26(12-8-22)39(36,37)32(20-24-6-4-5-23(2)19-24)21-28(33)29-25-9-13-27(14-10-25)38(34,35)31-17-15-30(3)16-18-31/h4-14,19H,15-18,20-21H2,1-3H3,(H,29,33). The van der Waals surface area contributed by atoms with Crippen LogP contribution in [0.1, 0.15) is 16.7 Å². The van der Waals surface area contributed by atoms with E-state index in [4.69, 9.17) is 0 Å². The van der Waals surface area contributed by atoms with Gasteiger partial charge in [0.1, 0.15) is 0 Å². The number of carbonyl (C=O) groups excluding carboxylic acids is 1. The van der Waals surface area contributed by atoms with Gasteiger partial charge in [-0.1, -0.05) is 47.5 Å². The molecular formula is C28H34N4O5S2. The zero-order valence-electron chi connectivity index (χ0n) is 22.4. The molecule has 1 fully saturated rings. The van der Waals surface area contributed by atoms with Crippen LogP contribution in [0.4, 0.5) is 5.69 Å². The molecule has 3 aromatic carbocycles. The minimum atomic E-state index is -3.97. The van der Waals surface area contributed by atoms with Crippen molar-refractivity contribution in [1.82, 2.24) is 13.5 Å². The summed E-state index contributed by atoms with van der Waals surface area (Å²) in [5.74, 6) is -0.534. The van der Waals surface area contributed by atoms with Crippen LogP contribution in [-0.2, 0) is 31.4 Å². The van der Waals surface area contributed by atoms with Crippen molar-refractivity contribution in [2.75, 3.05) is 45.1 Å². The number of hydrogen-bond acceptors (Lipinski definition) is 6. The summed E-state index contributed by atoms with van der Waals surface area (Å²) in [4.78, 5) is 15.3. The topological polar surface area (TPSA) is 107 Å². The third-order valence-corrected chi connectivity index (χ3v) is 10.4. The van der Waals surface area contributed by atoms with E-state index in [1.807, 2.05) is 45.2 Å². The van der Waals surface area contributed by atoms with E-state index in [0.717, 1.165) is 21.0 Å². The Kier molecular flexibility index (Phi) is 8.87. The molecule has 1 N–H and O–H groups in total. The molecule has 1 saturated heterocycles. The van der Waals surface area contributed by atoms with Gasteiger partial charge in [0.25, 0.3) is 0 Å². The fourth-order valence-electron chi connectivity index (χ4n) is 4.35. The molecule has 0 aliphatic carbocycles. The molecule has 0 bridgehead atoms. The van der Waals surface area contributed by atoms with Crippen LogP contribution in [0.5, 0.6) is 0 Å².